The van der Waals surface area contributed by atoms with Gasteiger partial charge in [0.15, 0.2) is 5.82 Å². The highest BCUT2D eigenvalue weighted by atomic mass is 79.9. The normalized spacial score (nSPS) is 19.7. The lowest BCUT2D eigenvalue weighted by Gasteiger charge is -2.30. The lowest BCUT2D eigenvalue weighted by molar-refractivity contribution is 0.480. The van der Waals surface area contributed by atoms with E-state index in [9.17, 15) is 0 Å². The molecule has 2 aromatic heterocycles. The van der Waals surface area contributed by atoms with Gasteiger partial charge in [0.25, 0.3) is 0 Å². The molecule has 100 valence electrons. The highest BCUT2D eigenvalue weighted by Gasteiger charge is 2.19. The van der Waals surface area contributed by atoms with Crippen molar-refractivity contribution in [3.05, 3.63) is 22.8 Å². The molecule has 1 atom stereocenters. The monoisotopic (exact) mass is 322 g/mol. The summed E-state index contributed by atoms with van der Waals surface area (Å²) < 4.78 is 0.951. The summed E-state index contributed by atoms with van der Waals surface area (Å²) in [6.07, 6.45) is 1.75. The van der Waals surface area contributed by atoms with E-state index >= 15 is 0 Å². The molecule has 0 aliphatic carbocycles. The number of nitrogens with zero attached hydrogens (tertiary/aromatic N) is 4. The first-order valence-electron chi connectivity index (χ1n) is 6.25. The van der Waals surface area contributed by atoms with E-state index < -0.39 is 0 Å². The fraction of sp³-hybridized carbons (Fsp3) is 0.417. The van der Waals surface area contributed by atoms with E-state index in [1.165, 1.54) is 0 Å². The summed E-state index contributed by atoms with van der Waals surface area (Å²) >= 11 is 3.37. The SMILES string of the molecule is CC1CN(c2n[nH]c(-c3ccc(Br)cn3)n2)CCN1. The number of halogens is 1. The predicted octanol–water partition coefficient (Wildman–Crippen LogP) is 1.43. The lowest BCUT2D eigenvalue weighted by Crippen LogP contribution is -2.49. The van der Waals surface area contributed by atoms with Crippen LogP contribution in [0.25, 0.3) is 11.5 Å². The Kier molecular flexibility index (Phi) is 3.48. The van der Waals surface area contributed by atoms with Crippen LogP contribution in [-0.2, 0) is 0 Å². The third-order valence-corrected chi connectivity index (χ3v) is 3.56. The maximum Gasteiger partial charge on any atom is 0.245 e. The molecule has 7 heteroatoms. The van der Waals surface area contributed by atoms with Gasteiger partial charge in [-0.1, -0.05) is 0 Å². The van der Waals surface area contributed by atoms with Crippen molar-refractivity contribution in [2.24, 2.45) is 0 Å². The Hall–Kier alpha value is -1.47. The Morgan fingerprint density at radius 3 is 3.05 bits per heavy atom. The zero-order valence-corrected chi connectivity index (χ0v) is 12.2. The first kappa shape index (κ1) is 12.6. The second-order valence-corrected chi connectivity index (χ2v) is 5.56. The van der Waals surface area contributed by atoms with Crippen molar-refractivity contribution in [3.8, 4) is 11.5 Å². The minimum atomic E-state index is 0.460. The third-order valence-electron chi connectivity index (χ3n) is 3.10. The van der Waals surface area contributed by atoms with E-state index in [2.05, 4.69) is 53.2 Å². The lowest BCUT2D eigenvalue weighted by atomic mass is 10.2. The number of nitrogens with one attached hydrogen (secondary N) is 2. The number of hydrogen-bond donors (Lipinski definition) is 2. The molecule has 0 bridgehead atoms. The fourth-order valence-corrected chi connectivity index (χ4v) is 2.37. The molecular weight excluding hydrogens is 308 g/mol. The molecule has 1 aliphatic rings. The second-order valence-electron chi connectivity index (χ2n) is 4.65. The summed E-state index contributed by atoms with van der Waals surface area (Å²) in [5.41, 5.74) is 0.796. The van der Waals surface area contributed by atoms with Crippen LogP contribution in [0.15, 0.2) is 22.8 Å². The van der Waals surface area contributed by atoms with Crippen molar-refractivity contribution in [1.29, 1.82) is 0 Å². The van der Waals surface area contributed by atoms with Gasteiger partial charge in [0, 0.05) is 36.3 Å². The number of H-pyrrole nitrogens is 1. The molecule has 2 N–H and O–H groups in total. The highest BCUT2D eigenvalue weighted by molar-refractivity contribution is 9.10. The van der Waals surface area contributed by atoms with Crippen LogP contribution in [0, 0.1) is 0 Å². The highest BCUT2D eigenvalue weighted by Crippen LogP contribution is 2.18. The molecule has 6 nitrogen and oxygen atoms in total. The summed E-state index contributed by atoms with van der Waals surface area (Å²) in [7, 11) is 0. The number of anilines is 1. The average Bonchev–Trinajstić information content (AvgIpc) is 2.89. The van der Waals surface area contributed by atoms with Crippen LogP contribution in [0.4, 0.5) is 5.95 Å². The zero-order valence-electron chi connectivity index (χ0n) is 10.6. The third kappa shape index (κ3) is 2.76. The number of rotatable bonds is 2. The molecule has 2 aromatic rings. The zero-order chi connectivity index (χ0) is 13.2. The summed E-state index contributed by atoms with van der Waals surface area (Å²) in [5, 5.41) is 10.6. The first-order chi connectivity index (χ1) is 9.22. The molecule has 0 amide bonds. The van der Waals surface area contributed by atoms with E-state index in [1.807, 2.05) is 12.1 Å². The number of piperazine rings is 1. The Morgan fingerprint density at radius 2 is 2.32 bits per heavy atom. The van der Waals surface area contributed by atoms with Gasteiger partial charge in [-0.05, 0) is 35.0 Å². The average molecular weight is 323 g/mol. The number of aromatic nitrogens is 4. The second kappa shape index (κ2) is 5.26. The van der Waals surface area contributed by atoms with E-state index in [4.69, 9.17) is 0 Å². The van der Waals surface area contributed by atoms with E-state index in [0.29, 0.717) is 11.9 Å². The molecule has 1 fully saturated rings. The molecule has 1 aliphatic heterocycles. The van der Waals surface area contributed by atoms with Gasteiger partial charge in [0.1, 0.15) is 5.69 Å². The fourth-order valence-electron chi connectivity index (χ4n) is 2.14. The van der Waals surface area contributed by atoms with Gasteiger partial charge in [-0.2, -0.15) is 4.98 Å². The maximum atomic E-state index is 4.52. The van der Waals surface area contributed by atoms with Crippen molar-refractivity contribution >= 4 is 21.9 Å². The first-order valence-corrected chi connectivity index (χ1v) is 7.04. The minimum absolute atomic E-state index is 0.460. The predicted molar refractivity (Wildman–Crippen MR) is 77.0 cm³/mol. The number of pyridine rings is 1. The molecule has 0 aromatic carbocycles. The Labute approximate surface area is 119 Å². The van der Waals surface area contributed by atoms with Crippen LogP contribution in [-0.4, -0.2) is 45.8 Å². The molecule has 19 heavy (non-hydrogen) atoms. The van der Waals surface area contributed by atoms with Gasteiger partial charge < -0.3 is 10.2 Å². The van der Waals surface area contributed by atoms with Crippen molar-refractivity contribution in [2.75, 3.05) is 24.5 Å². The van der Waals surface area contributed by atoms with Crippen LogP contribution < -0.4 is 10.2 Å². The summed E-state index contributed by atoms with van der Waals surface area (Å²) in [6.45, 7) is 4.97. The molecule has 1 unspecified atom stereocenters. The molecule has 3 heterocycles. The molecular formula is C12H15BrN6. The van der Waals surface area contributed by atoms with Crippen LogP contribution >= 0.6 is 15.9 Å². The van der Waals surface area contributed by atoms with Gasteiger partial charge in [-0.25, -0.2) is 0 Å². The van der Waals surface area contributed by atoms with E-state index in [0.717, 1.165) is 35.7 Å². The summed E-state index contributed by atoms with van der Waals surface area (Å²) in [5.74, 6) is 1.45. The Morgan fingerprint density at radius 1 is 1.42 bits per heavy atom. The quantitative estimate of drug-likeness (QED) is 0.875. The van der Waals surface area contributed by atoms with Crippen molar-refractivity contribution in [3.63, 3.8) is 0 Å². The largest absolute Gasteiger partial charge is 0.337 e. The van der Waals surface area contributed by atoms with Gasteiger partial charge in [0.05, 0.1) is 0 Å². The van der Waals surface area contributed by atoms with Gasteiger partial charge in [-0.3, -0.25) is 10.1 Å². The number of hydrogen-bond acceptors (Lipinski definition) is 5. The van der Waals surface area contributed by atoms with Gasteiger partial charge in [0.2, 0.25) is 5.95 Å². The van der Waals surface area contributed by atoms with Crippen LogP contribution in [0.1, 0.15) is 6.92 Å². The van der Waals surface area contributed by atoms with Crippen molar-refractivity contribution < 1.29 is 0 Å². The van der Waals surface area contributed by atoms with Crippen molar-refractivity contribution in [1.82, 2.24) is 25.5 Å². The summed E-state index contributed by atoms with van der Waals surface area (Å²) in [4.78, 5) is 11.0. The molecule has 1 saturated heterocycles. The van der Waals surface area contributed by atoms with Crippen molar-refractivity contribution in [2.45, 2.75) is 13.0 Å². The van der Waals surface area contributed by atoms with Crippen LogP contribution in [0.2, 0.25) is 0 Å². The maximum absolute atomic E-state index is 4.52. The minimum Gasteiger partial charge on any atom is -0.337 e. The summed E-state index contributed by atoms with van der Waals surface area (Å²) in [6, 6.07) is 4.31. The number of aromatic amines is 1. The molecule has 0 spiro atoms. The smallest absolute Gasteiger partial charge is 0.245 e. The molecule has 3 rings (SSSR count). The van der Waals surface area contributed by atoms with Gasteiger partial charge >= 0.3 is 0 Å². The molecule has 0 saturated carbocycles. The topological polar surface area (TPSA) is 69.7 Å². The standard InChI is InChI=1S/C12H15BrN6/c1-8-7-19(5-4-14-8)12-16-11(17-18-12)10-3-2-9(13)6-15-10/h2-3,6,8,14H,4-5,7H2,1H3,(H,16,17,18). The Bertz CT molecular complexity index is 552. The Balaban J connectivity index is 1.81. The van der Waals surface area contributed by atoms with E-state index in [1.54, 1.807) is 6.20 Å². The van der Waals surface area contributed by atoms with Gasteiger partial charge in [-0.15, -0.1) is 5.10 Å². The molecule has 0 radical (unpaired) electrons. The van der Waals surface area contributed by atoms with Crippen LogP contribution in [0.3, 0.4) is 0 Å². The van der Waals surface area contributed by atoms with Crippen LogP contribution in [0.5, 0.6) is 0 Å². The van der Waals surface area contributed by atoms with E-state index in [-0.39, 0.29) is 0 Å².